The van der Waals surface area contributed by atoms with Crippen LogP contribution >= 0.6 is 11.3 Å². The van der Waals surface area contributed by atoms with Crippen LogP contribution in [0.2, 0.25) is 0 Å². The number of nitrogens with zero attached hydrogens (tertiary/aromatic N) is 2. The first kappa shape index (κ1) is 13.5. The second-order valence-corrected chi connectivity index (χ2v) is 4.77. The molecule has 4 nitrogen and oxygen atoms in total. The second kappa shape index (κ2) is 6.88. The van der Waals surface area contributed by atoms with Crippen LogP contribution in [0.15, 0.2) is 29.1 Å². The zero-order valence-corrected chi connectivity index (χ0v) is 11.5. The van der Waals surface area contributed by atoms with Crippen LogP contribution in [0.4, 0.5) is 0 Å². The summed E-state index contributed by atoms with van der Waals surface area (Å²) in [6.45, 7) is 1.61. The van der Waals surface area contributed by atoms with Crippen molar-refractivity contribution in [2.75, 3.05) is 13.7 Å². The predicted octanol–water partition coefficient (Wildman–Crippen LogP) is 2.36. The molecule has 5 heteroatoms. The Bertz CT molecular complexity index is 561. The molecule has 0 atom stereocenters. The molecule has 0 aliphatic heterocycles. The largest absolute Gasteiger partial charge is 0.495 e. The molecule has 98 valence electrons. The van der Waals surface area contributed by atoms with Crippen molar-refractivity contribution in [3.63, 3.8) is 0 Å². The molecule has 0 aliphatic carbocycles. The molecule has 0 saturated heterocycles. The molecular formula is C14H15N3OS. The maximum absolute atomic E-state index is 9.01. The van der Waals surface area contributed by atoms with E-state index in [4.69, 9.17) is 10.00 Å². The lowest BCUT2D eigenvalue weighted by Gasteiger charge is -2.07. The summed E-state index contributed by atoms with van der Waals surface area (Å²) in [5.41, 5.74) is 4.61. The number of hydrogen-bond acceptors (Lipinski definition) is 5. The Hall–Kier alpha value is -1.90. The zero-order chi connectivity index (χ0) is 13.5. The van der Waals surface area contributed by atoms with Crippen molar-refractivity contribution in [3.8, 4) is 11.8 Å². The van der Waals surface area contributed by atoms with Crippen LogP contribution in [-0.2, 0) is 13.0 Å². The molecule has 1 heterocycles. The molecule has 0 aliphatic rings. The van der Waals surface area contributed by atoms with E-state index in [-0.39, 0.29) is 0 Å². The maximum Gasteiger partial charge on any atom is 0.136 e. The van der Waals surface area contributed by atoms with E-state index in [2.05, 4.69) is 21.8 Å². The van der Waals surface area contributed by atoms with Crippen LogP contribution in [0.1, 0.15) is 16.8 Å². The molecule has 0 saturated carbocycles. The summed E-state index contributed by atoms with van der Waals surface area (Å²) in [6, 6.07) is 7.79. The standard InChI is InChI=1S/C14H15N3OS/c1-18-14-3-2-11(6-12(14)7-15)8-16-5-4-13-9-19-10-17-13/h2-3,6,9-10,16H,4-5,8H2,1H3. The highest BCUT2D eigenvalue weighted by molar-refractivity contribution is 7.07. The average molecular weight is 273 g/mol. The molecule has 0 bridgehead atoms. The fourth-order valence-electron chi connectivity index (χ4n) is 1.76. The Balaban J connectivity index is 1.84. The van der Waals surface area contributed by atoms with Gasteiger partial charge in [-0.2, -0.15) is 5.26 Å². The first-order valence-corrected chi connectivity index (χ1v) is 6.92. The van der Waals surface area contributed by atoms with Crippen LogP contribution in [0.25, 0.3) is 0 Å². The van der Waals surface area contributed by atoms with Gasteiger partial charge in [-0.25, -0.2) is 4.98 Å². The minimum atomic E-state index is 0.571. The van der Waals surface area contributed by atoms with Crippen LogP contribution in [0.5, 0.6) is 5.75 Å². The third kappa shape index (κ3) is 3.78. The topological polar surface area (TPSA) is 57.9 Å². The van der Waals surface area contributed by atoms with Gasteiger partial charge in [-0.3, -0.25) is 0 Å². The highest BCUT2D eigenvalue weighted by Gasteiger charge is 2.03. The predicted molar refractivity (Wildman–Crippen MR) is 75.2 cm³/mol. The highest BCUT2D eigenvalue weighted by Crippen LogP contribution is 2.18. The van der Waals surface area contributed by atoms with Crippen LogP contribution < -0.4 is 10.1 Å². The van der Waals surface area contributed by atoms with Crippen molar-refractivity contribution in [2.45, 2.75) is 13.0 Å². The first-order valence-electron chi connectivity index (χ1n) is 5.98. The van der Waals surface area contributed by atoms with Crippen LogP contribution in [0.3, 0.4) is 0 Å². The fourth-order valence-corrected chi connectivity index (χ4v) is 2.36. The first-order chi connectivity index (χ1) is 9.33. The normalized spacial score (nSPS) is 10.1. The van der Waals surface area contributed by atoms with Gasteiger partial charge >= 0.3 is 0 Å². The maximum atomic E-state index is 9.01. The number of rotatable bonds is 6. The van der Waals surface area contributed by atoms with E-state index < -0.39 is 0 Å². The fraction of sp³-hybridized carbons (Fsp3) is 0.286. The van der Waals surface area contributed by atoms with E-state index in [0.717, 1.165) is 30.8 Å². The van der Waals surface area contributed by atoms with Crippen molar-refractivity contribution in [2.24, 2.45) is 0 Å². The van der Waals surface area contributed by atoms with E-state index in [1.165, 1.54) is 0 Å². The van der Waals surface area contributed by atoms with Gasteiger partial charge in [0.05, 0.1) is 23.9 Å². The van der Waals surface area contributed by atoms with Gasteiger partial charge in [-0.1, -0.05) is 6.07 Å². The number of nitriles is 1. The summed E-state index contributed by atoms with van der Waals surface area (Å²) in [5, 5.41) is 14.4. The van der Waals surface area contributed by atoms with Gasteiger partial charge in [0.1, 0.15) is 11.8 Å². The van der Waals surface area contributed by atoms with Crippen molar-refractivity contribution in [1.82, 2.24) is 10.3 Å². The quantitative estimate of drug-likeness (QED) is 0.821. The molecule has 1 N–H and O–H groups in total. The number of nitrogens with one attached hydrogen (secondary N) is 1. The molecule has 2 aromatic rings. The van der Waals surface area contributed by atoms with Gasteiger partial charge in [-0.05, 0) is 17.7 Å². The van der Waals surface area contributed by atoms with E-state index in [1.54, 1.807) is 18.4 Å². The smallest absolute Gasteiger partial charge is 0.136 e. The molecule has 0 amide bonds. The number of aromatic nitrogens is 1. The van der Waals surface area contributed by atoms with Crippen molar-refractivity contribution in [3.05, 3.63) is 45.9 Å². The molecule has 1 aromatic carbocycles. The Morgan fingerprint density at radius 2 is 2.37 bits per heavy atom. The SMILES string of the molecule is COc1ccc(CNCCc2cscn2)cc1C#N. The Morgan fingerprint density at radius 3 is 3.05 bits per heavy atom. The number of thiazole rings is 1. The summed E-state index contributed by atoms with van der Waals surface area (Å²) >= 11 is 1.61. The summed E-state index contributed by atoms with van der Waals surface area (Å²) in [7, 11) is 1.57. The second-order valence-electron chi connectivity index (χ2n) is 4.05. The summed E-state index contributed by atoms with van der Waals surface area (Å²) < 4.78 is 5.12. The average Bonchev–Trinajstić information content (AvgIpc) is 2.96. The highest BCUT2D eigenvalue weighted by atomic mass is 32.1. The summed E-state index contributed by atoms with van der Waals surface area (Å²) in [5.74, 6) is 0.619. The Morgan fingerprint density at radius 1 is 1.47 bits per heavy atom. The molecule has 0 unspecified atom stereocenters. The van der Waals surface area contributed by atoms with E-state index >= 15 is 0 Å². The van der Waals surface area contributed by atoms with Gasteiger partial charge in [-0.15, -0.1) is 11.3 Å². The molecule has 0 fully saturated rings. The van der Waals surface area contributed by atoms with Gasteiger partial charge in [0.15, 0.2) is 0 Å². The van der Waals surface area contributed by atoms with Crippen LogP contribution in [-0.4, -0.2) is 18.6 Å². The number of methoxy groups -OCH3 is 1. The number of benzene rings is 1. The van der Waals surface area contributed by atoms with E-state index in [0.29, 0.717) is 11.3 Å². The van der Waals surface area contributed by atoms with E-state index in [9.17, 15) is 0 Å². The van der Waals surface area contributed by atoms with Crippen LogP contribution in [0, 0.1) is 11.3 Å². The number of ether oxygens (including phenoxy) is 1. The van der Waals surface area contributed by atoms with Gasteiger partial charge < -0.3 is 10.1 Å². The van der Waals surface area contributed by atoms with Gasteiger partial charge in [0, 0.05) is 24.9 Å². The minimum Gasteiger partial charge on any atom is -0.495 e. The summed E-state index contributed by atoms with van der Waals surface area (Å²) in [6.07, 6.45) is 0.921. The molecule has 2 rings (SSSR count). The molecule has 1 aromatic heterocycles. The molecule has 0 radical (unpaired) electrons. The molecule has 19 heavy (non-hydrogen) atoms. The Labute approximate surface area is 116 Å². The lowest BCUT2D eigenvalue weighted by atomic mass is 10.1. The van der Waals surface area contributed by atoms with E-state index in [1.807, 2.05) is 23.7 Å². The minimum absolute atomic E-state index is 0.571. The molecular weight excluding hydrogens is 258 g/mol. The zero-order valence-electron chi connectivity index (χ0n) is 10.7. The lowest BCUT2D eigenvalue weighted by Crippen LogP contribution is -2.16. The lowest BCUT2D eigenvalue weighted by molar-refractivity contribution is 0.413. The monoisotopic (exact) mass is 273 g/mol. The van der Waals surface area contributed by atoms with Crippen molar-refractivity contribution in [1.29, 1.82) is 5.26 Å². The third-order valence-electron chi connectivity index (χ3n) is 2.75. The van der Waals surface area contributed by atoms with Crippen molar-refractivity contribution >= 4 is 11.3 Å². The van der Waals surface area contributed by atoms with Gasteiger partial charge in [0.2, 0.25) is 0 Å². The van der Waals surface area contributed by atoms with Crippen molar-refractivity contribution < 1.29 is 4.74 Å². The third-order valence-corrected chi connectivity index (χ3v) is 3.39. The summed E-state index contributed by atoms with van der Waals surface area (Å²) in [4.78, 5) is 4.23. The van der Waals surface area contributed by atoms with Gasteiger partial charge in [0.25, 0.3) is 0 Å². The number of hydrogen-bond donors (Lipinski definition) is 1. The molecule has 0 spiro atoms. The Kier molecular flexibility index (Phi) is 4.90.